The molecule has 0 saturated carbocycles. The van der Waals surface area contributed by atoms with Crippen molar-refractivity contribution in [3.8, 4) is 0 Å². The van der Waals surface area contributed by atoms with Gasteiger partial charge in [-0.25, -0.2) is 4.98 Å². The summed E-state index contributed by atoms with van der Waals surface area (Å²) in [5, 5.41) is 20.4. The summed E-state index contributed by atoms with van der Waals surface area (Å²) < 4.78 is 0. The first-order chi connectivity index (χ1) is 13.0. The third kappa shape index (κ3) is 8.09. The Kier molecular flexibility index (Phi) is 11.0. The fraction of sp³-hybridized carbons (Fsp3) is 0.474. The monoisotopic (exact) mass is 517 g/mol. The van der Waals surface area contributed by atoms with E-state index in [0.29, 0.717) is 12.5 Å². The molecule has 0 radical (unpaired) electrons. The van der Waals surface area contributed by atoms with Gasteiger partial charge in [0.2, 0.25) is 0 Å². The number of non-ortho nitro benzene ring substituents is 1. The highest BCUT2D eigenvalue weighted by atomic mass is 127. The number of guanidine groups is 1. The minimum Gasteiger partial charge on any atom is -0.356 e. The molecule has 2 N–H and O–H groups in total. The van der Waals surface area contributed by atoms with Crippen LogP contribution in [0.15, 0.2) is 34.6 Å². The second-order valence-electron chi connectivity index (χ2n) is 6.55. The fourth-order valence-corrected chi connectivity index (χ4v) is 3.39. The molecule has 0 atom stereocenters. The van der Waals surface area contributed by atoms with Crippen molar-refractivity contribution in [2.75, 3.05) is 13.6 Å². The number of aliphatic imine (C=N–C) groups is 1. The highest BCUT2D eigenvalue weighted by Crippen LogP contribution is 2.17. The Hall–Kier alpha value is -1.75. The van der Waals surface area contributed by atoms with Gasteiger partial charge < -0.3 is 10.6 Å². The predicted octanol–water partition coefficient (Wildman–Crippen LogP) is 4.48. The number of hydrogen-bond donors (Lipinski definition) is 2. The summed E-state index contributed by atoms with van der Waals surface area (Å²) in [7, 11) is 1.76. The molecule has 0 bridgehead atoms. The SMILES string of the molecule is CN=C(NCCCCc1ccc([N+](=O)[O-])cc1)NCc1nc(C(C)C)cs1.I. The van der Waals surface area contributed by atoms with Gasteiger partial charge in [-0.05, 0) is 30.7 Å². The molecule has 1 aromatic heterocycles. The van der Waals surface area contributed by atoms with Crippen LogP contribution in [0.4, 0.5) is 5.69 Å². The van der Waals surface area contributed by atoms with Crippen LogP contribution < -0.4 is 10.6 Å². The molecule has 0 unspecified atom stereocenters. The normalized spacial score (nSPS) is 11.2. The van der Waals surface area contributed by atoms with Crippen molar-refractivity contribution in [3.63, 3.8) is 0 Å². The quantitative estimate of drug-likeness (QED) is 0.128. The first-order valence-corrected chi connectivity index (χ1v) is 9.99. The Labute approximate surface area is 187 Å². The van der Waals surface area contributed by atoms with Crippen molar-refractivity contribution in [1.29, 1.82) is 0 Å². The Morgan fingerprint density at radius 2 is 1.96 bits per heavy atom. The van der Waals surface area contributed by atoms with Crippen molar-refractivity contribution in [2.45, 2.75) is 45.6 Å². The fourth-order valence-electron chi connectivity index (χ4n) is 2.50. The summed E-state index contributed by atoms with van der Waals surface area (Å²) in [5.41, 5.74) is 2.38. The van der Waals surface area contributed by atoms with Gasteiger partial charge in [-0.3, -0.25) is 15.1 Å². The maximum Gasteiger partial charge on any atom is 0.269 e. The van der Waals surface area contributed by atoms with E-state index in [1.807, 2.05) is 12.1 Å². The zero-order valence-corrected chi connectivity index (χ0v) is 19.6. The van der Waals surface area contributed by atoms with Crippen LogP contribution in [0.2, 0.25) is 0 Å². The summed E-state index contributed by atoms with van der Waals surface area (Å²) in [4.78, 5) is 19.1. The minimum atomic E-state index is -0.373. The lowest BCUT2D eigenvalue weighted by atomic mass is 10.1. The first-order valence-electron chi connectivity index (χ1n) is 9.11. The van der Waals surface area contributed by atoms with E-state index >= 15 is 0 Å². The van der Waals surface area contributed by atoms with E-state index in [4.69, 9.17) is 0 Å². The first kappa shape index (κ1) is 24.3. The average Bonchev–Trinajstić information content (AvgIpc) is 3.13. The van der Waals surface area contributed by atoms with E-state index in [9.17, 15) is 10.1 Å². The zero-order chi connectivity index (χ0) is 19.6. The topological polar surface area (TPSA) is 92.5 Å². The Morgan fingerprint density at radius 1 is 1.25 bits per heavy atom. The van der Waals surface area contributed by atoms with E-state index in [1.165, 1.54) is 0 Å². The number of thiazole rings is 1. The maximum absolute atomic E-state index is 10.7. The van der Waals surface area contributed by atoms with Crippen LogP contribution in [-0.2, 0) is 13.0 Å². The summed E-state index contributed by atoms with van der Waals surface area (Å²) in [6, 6.07) is 6.77. The largest absolute Gasteiger partial charge is 0.356 e. The van der Waals surface area contributed by atoms with Gasteiger partial charge in [0.25, 0.3) is 5.69 Å². The van der Waals surface area contributed by atoms with Gasteiger partial charge in [0, 0.05) is 31.1 Å². The van der Waals surface area contributed by atoms with Gasteiger partial charge >= 0.3 is 0 Å². The lowest BCUT2D eigenvalue weighted by Gasteiger charge is -2.10. The van der Waals surface area contributed by atoms with Crippen molar-refractivity contribution in [3.05, 3.63) is 56.0 Å². The Morgan fingerprint density at radius 3 is 2.54 bits per heavy atom. The van der Waals surface area contributed by atoms with Gasteiger partial charge in [0.05, 0.1) is 17.2 Å². The van der Waals surface area contributed by atoms with Crippen LogP contribution in [0.3, 0.4) is 0 Å². The molecule has 2 rings (SSSR count). The molecule has 0 spiro atoms. The molecule has 28 heavy (non-hydrogen) atoms. The van der Waals surface area contributed by atoms with Gasteiger partial charge in [-0.1, -0.05) is 26.0 Å². The number of aromatic nitrogens is 1. The molecule has 1 heterocycles. The average molecular weight is 517 g/mol. The molecule has 0 aliphatic rings. The summed E-state index contributed by atoms with van der Waals surface area (Å²) in [6.45, 7) is 5.77. The number of rotatable bonds is 9. The number of nitrogens with zero attached hydrogens (tertiary/aromatic N) is 3. The van der Waals surface area contributed by atoms with Crippen LogP contribution in [0.5, 0.6) is 0 Å². The molecule has 9 heteroatoms. The van der Waals surface area contributed by atoms with Crippen molar-refractivity contribution >= 4 is 47.0 Å². The zero-order valence-electron chi connectivity index (χ0n) is 16.5. The third-order valence-corrected chi connectivity index (χ3v) is 4.99. The molecule has 0 aliphatic heterocycles. The number of hydrogen-bond acceptors (Lipinski definition) is 5. The number of nitro groups is 1. The van der Waals surface area contributed by atoms with Crippen molar-refractivity contribution < 1.29 is 4.92 Å². The van der Waals surface area contributed by atoms with Crippen LogP contribution in [0.1, 0.15) is 48.9 Å². The Bertz CT molecular complexity index is 762. The van der Waals surface area contributed by atoms with Gasteiger partial charge in [0.15, 0.2) is 5.96 Å². The molecule has 154 valence electrons. The lowest BCUT2D eigenvalue weighted by molar-refractivity contribution is -0.384. The standard InChI is InChI=1S/C19H27N5O2S.HI/c1-14(2)17-13-27-18(23-17)12-22-19(20-3)21-11-5-4-6-15-7-9-16(10-8-15)24(25)26;/h7-10,13-14H,4-6,11-12H2,1-3H3,(H2,20,21,22);1H. The van der Waals surface area contributed by atoms with E-state index in [-0.39, 0.29) is 34.6 Å². The second-order valence-corrected chi connectivity index (χ2v) is 7.50. The number of benzene rings is 1. The van der Waals surface area contributed by atoms with Crippen LogP contribution in [-0.4, -0.2) is 29.5 Å². The molecular weight excluding hydrogens is 489 g/mol. The highest BCUT2D eigenvalue weighted by Gasteiger charge is 2.06. The van der Waals surface area contributed by atoms with E-state index in [1.54, 1.807) is 30.5 Å². The van der Waals surface area contributed by atoms with Gasteiger partial charge in [0.1, 0.15) is 5.01 Å². The van der Waals surface area contributed by atoms with Crippen LogP contribution in [0, 0.1) is 10.1 Å². The van der Waals surface area contributed by atoms with E-state index in [0.717, 1.165) is 48.0 Å². The van der Waals surface area contributed by atoms with Crippen LogP contribution in [0.25, 0.3) is 0 Å². The molecule has 0 amide bonds. The lowest BCUT2D eigenvalue weighted by Crippen LogP contribution is -2.37. The summed E-state index contributed by atoms with van der Waals surface area (Å²) in [6.07, 6.45) is 2.90. The molecule has 0 aliphatic carbocycles. The summed E-state index contributed by atoms with van der Waals surface area (Å²) in [5.74, 6) is 1.22. The third-order valence-electron chi connectivity index (χ3n) is 4.12. The minimum absolute atomic E-state index is 0. The highest BCUT2D eigenvalue weighted by molar-refractivity contribution is 14.0. The predicted molar refractivity (Wildman–Crippen MR) is 126 cm³/mol. The maximum atomic E-state index is 10.7. The van der Waals surface area contributed by atoms with Gasteiger partial charge in [-0.15, -0.1) is 35.3 Å². The van der Waals surface area contributed by atoms with Crippen LogP contribution >= 0.6 is 35.3 Å². The number of aryl methyl sites for hydroxylation is 1. The molecule has 0 saturated heterocycles. The molecule has 0 fully saturated rings. The Balaban J connectivity index is 0.00000392. The van der Waals surface area contributed by atoms with E-state index in [2.05, 4.69) is 39.8 Å². The number of nitro benzene ring substituents is 1. The molecular formula is C19H28IN5O2S. The van der Waals surface area contributed by atoms with Crippen molar-refractivity contribution in [1.82, 2.24) is 15.6 Å². The van der Waals surface area contributed by atoms with Crippen molar-refractivity contribution in [2.24, 2.45) is 4.99 Å². The smallest absolute Gasteiger partial charge is 0.269 e. The van der Waals surface area contributed by atoms with Gasteiger partial charge in [-0.2, -0.15) is 0 Å². The number of halogens is 1. The second kappa shape index (κ2) is 12.7. The number of unbranched alkanes of at least 4 members (excludes halogenated alkanes) is 1. The number of nitrogens with one attached hydrogen (secondary N) is 2. The summed E-state index contributed by atoms with van der Waals surface area (Å²) >= 11 is 1.66. The van der Waals surface area contributed by atoms with E-state index < -0.39 is 0 Å². The molecule has 2 aromatic rings. The molecule has 1 aromatic carbocycles. The molecule has 7 nitrogen and oxygen atoms in total.